The summed E-state index contributed by atoms with van der Waals surface area (Å²) in [5.74, 6) is -0.426. The Morgan fingerprint density at radius 2 is 2.17 bits per heavy atom. The first-order valence-corrected chi connectivity index (χ1v) is 6.20. The molecule has 0 N–H and O–H groups in total. The Kier molecular flexibility index (Phi) is 3.50. The van der Waals surface area contributed by atoms with Crippen LogP contribution in [0.4, 0.5) is 4.79 Å². The highest BCUT2D eigenvalue weighted by Crippen LogP contribution is 2.31. The molecule has 1 saturated heterocycles. The molecule has 2 rings (SSSR count). The second kappa shape index (κ2) is 4.92. The zero-order valence-corrected chi connectivity index (χ0v) is 10.6. The van der Waals surface area contributed by atoms with Gasteiger partial charge >= 0.3 is 6.09 Å². The summed E-state index contributed by atoms with van der Waals surface area (Å²) in [7, 11) is 0. The molecule has 0 aromatic heterocycles. The van der Waals surface area contributed by atoms with Gasteiger partial charge in [0.2, 0.25) is 5.91 Å². The van der Waals surface area contributed by atoms with Gasteiger partial charge < -0.3 is 4.74 Å². The fourth-order valence-corrected chi connectivity index (χ4v) is 2.47. The Labute approximate surface area is 106 Å². The van der Waals surface area contributed by atoms with Crippen LogP contribution >= 0.6 is 0 Å². The van der Waals surface area contributed by atoms with Crippen molar-refractivity contribution in [2.75, 3.05) is 13.2 Å². The van der Waals surface area contributed by atoms with E-state index >= 15 is 0 Å². The molecule has 1 heterocycles. The minimum absolute atomic E-state index is 0.0385. The second-order valence-electron chi connectivity index (χ2n) is 5.07. The highest BCUT2D eigenvalue weighted by atomic mass is 16.6. The van der Waals surface area contributed by atoms with E-state index in [0.29, 0.717) is 13.0 Å². The number of rotatable bonds is 2. The SMILES string of the molecule is CC(C)[C@@H]1CC(=O)C=C[C@H]1C(=O)N1CCOC1=O. The minimum atomic E-state index is -0.576. The van der Waals surface area contributed by atoms with Crippen LogP contribution in [0, 0.1) is 17.8 Å². The normalized spacial score (nSPS) is 27.8. The monoisotopic (exact) mass is 251 g/mol. The van der Waals surface area contributed by atoms with Crippen molar-refractivity contribution >= 4 is 17.8 Å². The summed E-state index contributed by atoms with van der Waals surface area (Å²) in [5, 5.41) is 0. The van der Waals surface area contributed by atoms with Gasteiger partial charge in [-0.05, 0) is 17.9 Å². The maximum atomic E-state index is 12.3. The Morgan fingerprint density at radius 1 is 1.44 bits per heavy atom. The summed E-state index contributed by atoms with van der Waals surface area (Å²) in [6.45, 7) is 4.53. The van der Waals surface area contributed by atoms with E-state index in [1.807, 2.05) is 13.8 Å². The highest BCUT2D eigenvalue weighted by molar-refractivity contribution is 5.98. The van der Waals surface area contributed by atoms with Gasteiger partial charge in [0.15, 0.2) is 5.78 Å². The first-order valence-electron chi connectivity index (χ1n) is 6.20. The molecule has 0 unspecified atom stereocenters. The third-order valence-electron chi connectivity index (χ3n) is 3.56. The predicted molar refractivity (Wildman–Crippen MR) is 63.6 cm³/mol. The average Bonchev–Trinajstić information content (AvgIpc) is 2.74. The van der Waals surface area contributed by atoms with E-state index in [4.69, 9.17) is 4.74 Å². The van der Waals surface area contributed by atoms with E-state index in [9.17, 15) is 14.4 Å². The van der Waals surface area contributed by atoms with Gasteiger partial charge in [-0.3, -0.25) is 9.59 Å². The van der Waals surface area contributed by atoms with Crippen molar-refractivity contribution in [3.8, 4) is 0 Å². The van der Waals surface area contributed by atoms with Crippen LogP contribution in [0.15, 0.2) is 12.2 Å². The van der Waals surface area contributed by atoms with Gasteiger partial charge in [-0.2, -0.15) is 0 Å². The van der Waals surface area contributed by atoms with E-state index in [2.05, 4.69) is 0 Å². The molecule has 1 aliphatic heterocycles. The Bertz CT molecular complexity index is 413. The van der Waals surface area contributed by atoms with Crippen molar-refractivity contribution in [1.29, 1.82) is 0 Å². The smallest absolute Gasteiger partial charge is 0.416 e. The number of ether oxygens (including phenoxy) is 1. The summed E-state index contributed by atoms with van der Waals surface area (Å²) in [6.07, 6.45) is 2.87. The molecular formula is C13H17NO4. The molecule has 5 heteroatoms. The molecule has 0 saturated carbocycles. The van der Waals surface area contributed by atoms with Crippen molar-refractivity contribution in [2.24, 2.45) is 17.8 Å². The van der Waals surface area contributed by atoms with E-state index < -0.39 is 12.0 Å². The number of nitrogens with zero attached hydrogens (tertiary/aromatic N) is 1. The van der Waals surface area contributed by atoms with Crippen LogP contribution in [0.25, 0.3) is 0 Å². The third-order valence-corrected chi connectivity index (χ3v) is 3.56. The first kappa shape index (κ1) is 12.8. The number of carbonyl (C=O) groups excluding carboxylic acids is 3. The molecule has 2 aliphatic rings. The highest BCUT2D eigenvalue weighted by Gasteiger charge is 2.39. The predicted octanol–water partition coefficient (Wildman–Crippen LogP) is 1.38. The zero-order chi connectivity index (χ0) is 13.3. The van der Waals surface area contributed by atoms with Gasteiger partial charge in [0.05, 0.1) is 12.5 Å². The molecule has 2 amide bonds. The average molecular weight is 251 g/mol. The summed E-state index contributed by atoms with van der Waals surface area (Å²) >= 11 is 0. The third kappa shape index (κ3) is 2.30. The van der Waals surface area contributed by atoms with E-state index in [-0.39, 0.29) is 30.1 Å². The molecule has 0 spiro atoms. The van der Waals surface area contributed by atoms with Crippen LogP contribution in [0.5, 0.6) is 0 Å². The van der Waals surface area contributed by atoms with E-state index in [1.54, 1.807) is 6.08 Å². The van der Waals surface area contributed by atoms with Crippen LogP contribution in [-0.2, 0) is 14.3 Å². The molecule has 18 heavy (non-hydrogen) atoms. The molecule has 0 aromatic rings. The number of hydrogen-bond donors (Lipinski definition) is 0. The molecule has 5 nitrogen and oxygen atoms in total. The molecule has 2 atom stereocenters. The van der Waals surface area contributed by atoms with Crippen LogP contribution in [-0.4, -0.2) is 35.8 Å². The number of ketones is 1. The number of imide groups is 1. The standard InChI is InChI=1S/C13H17NO4/c1-8(2)11-7-9(15)3-4-10(11)12(16)14-5-6-18-13(14)17/h3-4,8,10-11H,5-7H2,1-2H3/t10-,11+/m1/s1. The summed E-state index contributed by atoms with van der Waals surface area (Å²) < 4.78 is 4.77. The number of amides is 2. The lowest BCUT2D eigenvalue weighted by Crippen LogP contribution is -2.41. The minimum Gasteiger partial charge on any atom is -0.447 e. The molecule has 0 bridgehead atoms. The first-order chi connectivity index (χ1) is 8.50. The number of allylic oxidation sites excluding steroid dienone is 1. The van der Waals surface area contributed by atoms with Crippen molar-refractivity contribution in [3.63, 3.8) is 0 Å². The van der Waals surface area contributed by atoms with Crippen molar-refractivity contribution in [2.45, 2.75) is 20.3 Å². The van der Waals surface area contributed by atoms with Gasteiger partial charge in [-0.25, -0.2) is 9.69 Å². The van der Waals surface area contributed by atoms with E-state index in [0.717, 1.165) is 4.90 Å². The summed E-state index contributed by atoms with van der Waals surface area (Å²) in [4.78, 5) is 36.3. The van der Waals surface area contributed by atoms with Crippen LogP contribution in [0.2, 0.25) is 0 Å². The van der Waals surface area contributed by atoms with Crippen molar-refractivity contribution < 1.29 is 19.1 Å². The summed E-state index contributed by atoms with van der Waals surface area (Å²) in [6, 6.07) is 0. The van der Waals surface area contributed by atoms with Crippen molar-refractivity contribution in [1.82, 2.24) is 4.90 Å². The Balaban J connectivity index is 2.19. The molecule has 0 radical (unpaired) electrons. The Hall–Kier alpha value is -1.65. The quantitative estimate of drug-likeness (QED) is 0.743. The fourth-order valence-electron chi connectivity index (χ4n) is 2.47. The van der Waals surface area contributed by atoms with Gasteiger partial charge in [-0.15, -0.1) is 0 Å². The van der Waals surface area contributed by atoms with Gasteiger partial charge in [0.25, 0.3) is 0 Å². The lowest BCUT2D eigenvalue weighted by Gasteiger charge is -2.30. The van der Waals surface area contributed by atoms with Crippen LogP contribution in [0.1, 0.15) is 20.3 Å². The van der Waals surface area contributed by atoms with Crippen LogP contribution in [0.3, 0.4) is 0 Å². The van der Waals surface area contributed by atoms with Gasteiger partial charge in [0.1, 0.15) is 6.61 Å². The van der Waals surface area contributed by atoms with Gasteiger partial charge in [-0.1, -0.05) is 19.9 Å². The largest absolute Gasteiger partial charge is 0.447 e. The summed E-state index contributed by atoms with van der Waals surface area (Å²) in [5.41, 5.74) is 0. The Morgan fingerprint density at radius 3 is 2.72 bits per heavy atom. The van der Waals surface area contributed by atoms with Crippen LogP contribution < -0.4 is 0 Å². The molecule has 0 aromatic carbocycles. The fraction of sp³-hybridized carbons (Fsp3) is 0.615. The lowest BCUT2D eigenvalue weighted by molar-refractivity contribution is -0.133. The topological polar surface area (TPSA) is 63.7 Å². The number of carbonyl (C=O) groups is 3. The zero-order valence-electron chi connectivity index (χ0n) is 10.6. The lowest BCUT2D eigenvalue weighted by atomic mass is 9.76. The van der Waals surface area contributed by atoms with Crippen molar-refractivity contribution in [3.05, 3.63) is 12.2 Å². The molecule has 98 valence electrons. The molecule has 1 aliphatic carbocycles. The maximum absolute atomic E-state index is 12.3. The second-order valence-corrected chi connectivity index (χ2v) is 5.07. The maximum Gasteiger partial charge on any atom is 0.416 e. The number of cyclic esters (lactones) is 1. The molecule has 1 fully saturated rings. The number of hydrogen-bond acceptors (Lipinski definition) is 4. The van der Waals surface area contributed by atoms with E-state index in [1.165, 1.54) is 6.08 Å². The van der Waals surface area contributed by atoms with Gasteiger partial charge in [0, 0.05) is 6.42 Å². The molecular weight excluding hydrogens is 234 g/mol.